The summed E-state index contributed by atoms with van der Waals surface area (Å²) in [4.78, 5) is 25.1. The molecule has 0 spiro atoms. The molecule has 3 heterocycles. The van der Waals surface area contributed by atoms with Gasteiger partial charge in [0.15, 0.2) is 12.5 Å². The minimum atomic E-state index is -0.779. The molecular formula is C12H16N2O7. The molecule has 2 aliphatic rings. The molecule has 0 bridgehead atoms. The minimum Gasteiger partial charge on any atom is -0.394 e. The number of aromatic nitrogens is 2. The van der Waals surface area contributed by atoms with Crippen LogP contribution in [0.5, 0.6) is 0 Å². The normalized spacial score (nSPS) is 35.0. The van der Waals surface area contributed by atoms with Crippen LogP contribution in [-0.2, 0) is 18.9 Å². The Morgan fingerprint density at radius 3 is 2.76 bits per heavy atom. The van der Waals surface area contributed by atoms with E-state index >= 15 is 0 Å². The van der Waals surface area contributed by atoms with Crippen LogP contribution in [-0.4, -0.2) is 59.6 Å². The molecule has 0 amide bonds. The average Bonchev–Trinajstić information content (AvgIpc) is 2.98. The van der Waals surface area contributed by atoms with Gasteiger partial charge in [0, 0.05) is 19.4 Å². The van der Waals surface area contributed by atoms with Crippen LogP contribution in [0.2, 0.25) is 0 Å². The first-order chi connectivity index (χ1) is 10.1. The van der Waals surface area contributed by atoms with Gasteiger partial charge in [-0.25, -0.2) is 4.79 Å². The third kappa shape index (κ3) is 2.54. The largest absolute Gasteiger partial charge is 0.394 e. The molecule has 21 heavy (non-hydrogen) atoms. The van der Waals surface area contributed by atoms with Gasteiger partial charge in [-0.3, -0.25) is 14.3 Å². The molecule has 0 aliphatic carbocycles. The van der Waals surface area contributed by atoms with Crippen molar-refractivity contribution in [2.45, 2.75) is 30.8 Å². The molecule has 9 nitrogen and oxygen atoms in total. The minimum absolute atomic E-state index is 0.235. The van der Waals surface area contributed by atoms with Crippen molar-refractivity contribution >= 4 is 0 Å². The molecule has 1 unspecified atom stereocenters. The molecule has 2 saturated heterocycles. The van der Waals surface area contributed by atoms with E-state index < -0.39 is 42.1 Å². The number of nitrogens with one attached hydrogen (secondary N) is 1. The monoisotopic (exact) mass is 300 g/mol. The molecule has 0 aromatic carbocycles. The van der Waals surface area contributed by atoms with Gasteiger partial charge >= 0.3 is 5.69 Å². The van der Waals surface area contributed by atoms with Crippen LogP contribution in [0.25, 0.3) is 0 Å². The lowest BCUT2D eigenvalue weighted by Gasteiger charge is -2.20. The fourth-order valence-electron chi connectivity index (χ4n) is 2.61. The van der Waals surface area contributed by atoms with E-state index in [1.807, 2.05) is 0 Å². The fourth-order valence-corrected chi connectivity index (χ4v) is 2.61. The van der Waals surface area contributed by atoms with E-state index in [0.717, 1.165) is 0 Å². The number of aromatic amines is 1. The molecular weight excluding hydrogens is 284 g/mol. The number of nitrogens with zero attached hydrogens (tertiary/aromatic N) is 1. The van der Waals surface area contributed by atoms with E-state index in [1.165, 1.54) is 23.9 Å². The molecule has 2 N–H and O–H groups in total. The van der Waals surface area contributed by atoms with Gasteiger partial charge < -0.3 is 24.1 Å². The van der Waals surface area contributed by atoms with Gasteiger partial charge in [-0.1, -0.05) is 0 Å². The van der Waals surface area contributed by atoms with E-state index in [-0.39, 0.29) is 13.2 Å². The maximum atomic E-state index is 11.9. The molecule has 0 saturated carbocycles. The Morgan fingerprint density at radius 1 is 1.33 bits per heavy atom. The van der Waals surface area contributed by atoms with Gasteiger partial charge in [-0.2, -0.15) is 0 Å². The van der Waals surface area contributed by atoms with Gasteiger partial charge in [0.25, 0.3) is 5.56 Å². The first-order valence-corrected chi connectivity index (χ1v) is 6.51. The summed E-state index contributed by atoms with van der Waals surface area (Å²) in [5.41, 5.74) is -1.10. The lowest BCUT2D eigenvalue weighted by atomic mass is 10.1. The van der Waals surface area contributed by atoms with Gasteiger partial charge in [0.1, 0.15) is 18.3 Å². The smallest absolute Gasteiger partial charge is 0.330 e. The zero-order valence-electron chi connectivity index (χ0n) is 11.3. The maximum absolute atomic E-state index is 11.9. The van der Waals surface area contributed by atoms with Gasteiger partial charge in [0.05, 0.1) is 13.2 Å². The highest BCUT2D eigenvalue weighted by atomic mass is 16.8. The Bertz CT molecular complexity index is 612. The SMILES string of the molecule is COCC1O[C@@H]2[C@H](O1)[C@@H](CO)O[C@H]2n1ccc(=O)[nH]c1=O. The summed E-state index contributed by atoms with van der Waals surface area (Å²) >= 11 is 0. The second kappa shape index (κ2) is 5.70. The Labute approximate surface area is 119 Å². The first-order valence-electron chi connectivity index (χ1n) is 6.51. The van der Waals surface area contributed by atoms with E-state index in [4.69, 9.17) is 18.9 Å². The predicted octanol–water partition coefficient (Wildman–Crippen LogP) is -1.82. The zero-order chi connectivity index (χ0) is 15.0. The number of fused-ring (bicyclic) bond motifs is 1. The molecule has 5 atom stereocenters. The summed E-state index contributed by atoms with van der Waals surface area (Å²) in [6.45, 7) is -0.0305. The Balaban J connectivity index is 1.89. The van der Waals surface area contributed by atoms with Crippen LogP contribution in [0.1, 0.15) is 6.23 Å². The standard InChI is InChI=1S/C12H16N2O7/c1-18-5-8-20-9-6(4-15)19-11(10(9)21-8)14-3-2-7(16)13-12(14)17/h2-3,6,8-11,15H,4-5H2,1H3,(H,13,16,17)/t6-,8?,9-,10-,11-/m1/s1. The quantitative estimate of drug-likeness (QED) is 0.673. The van der Waals surface area contributed by atoms with Crippen LogP contribution in [0.15, 0.2) is 21.9 Å². The highest BCUT2D eigenvalue weighted by molar-refractivity contribution is 4.97. The van der Waals surface area contributed by atoms with Crippen LogP contribution < -0.4 is 11.2 Å². The number of hydrogen-bond donors (Lipinski definition) is 2. The van der Waals surface area contributed by atoms with Crippen LogP contribution >= 0.6 is 0 Å². The summed E-state index contributed by atoms with van der Waals surface area (Å²) in [7, 11) is 1.52. The van der Waals surface area contributed by atoms with E-state index in [2.05, 4.69) is 4.98 Å². The number of hydrogen-bond acceptors (Lipinski definition) is 7. The van der Waals surface area contributed by atoms with Gasteiger partial charge in [0.2, 0.25) is 0 Å². The molecule has 3 rings (SSSR count). The molecule has 2 fully saturated rings. The van der Waals surface area contributed by atoms with E-state index in [9.17, 15) is 14.7 Å². The number of aliphatic hydroxyl groups is 1. The third-order valence-corrected chi connectivity index (χ3v) is 3.51. The Kier molecular flexibility index (Phi) is 3.91. The molecule has 116 valence electrons. The number of ether oxygens (including phenoxy) is 4. The number of rotatable bonds is 4. The van der Waals surface area contributed by atoms with E-state index in [1.54, 1.807) is 0 Å². The summed E-state index contributed by atoms with van der Waals surface area (Å²) in [6, 6.07) is 1.22. The molecule has 9 heteroatoms. The molecule has 0 radical (unpaired) electrons. The molecule has 1 aromatic heterocycles. The number of methoxy groups -OCH3 is 1. The van der Waals surface area contributed by atoms with Crippen molar-refractivity contribution in [2.24, 2.45) is 0 Å². The highest BCUT2D eigenvalue weighted by Gasteiger charge is 2.53. The van der Waals surface area contributed by atoms with Gasteiger partial charge in [-0.05, 0) is 0 Å². The highest BCUT2D eigenvalue weighted by Crippen LogP contribution is 2.38. The Hall–Kier alpha value is -1.52. The first kappa shape index (κ1) is 14.4. The number of H-pyrrole nitrogens is 1. The van der Waals surface area contributed by atoms with Crippen molar-refractivity contribution < 1.29 is 24.1 Å². The summed E-state index contributed by atoms with van der Waals surface area (Å²) < 4.78 is 23.1. The van der Waals surface area contributed by atoms with Crippen LogP contribution in [0.4, 0.5) is 0 Å². The Morgan fingerprint density at radius 2 is 2.10 bits per heavy atom. The lowest BCUT2D eigenvalue weighted by Crippen LogP contribution is -2.36. The average molecular weight is 300 g/mol. The third-order valence-electron chi connectivity index (χ3n) is 3.51. The van der Waals surface area contributed by atoms with Crippen molar-refractivity contribution in [3.8, 4) is 0 Å². The second-order valence-corrected chi connectivity index (χ2v) is 4.85. The topological polar surface area (TPSA) is 112 Å². The second-order valence-electron chi connectivity index (χ2n) is 4.85. The van der Waals surface area contributed by atoms with Crippen molar-refractivity contribution in [3.63, 3.8) is 0 Å². The van der Waals surface area contributed by atoms with Crippen molar-refractivity contribution in [1.29, 1.82) is 0 Å². The van der Waals surface area contributed by atoms with Gasteiger partial charge in [-0.15, -0.1) is 0 Å². The summed E-state index contributed by atoms with van der Waals surface area (Å²) in [6.07, 6.45) is -1.71. The lowest BCUT2D eigenvalue weighted by molar-refractivity contribution is -0.168. The zero-order valence-corrected chi connectivity index (χ0v) is 11.3. The summed E-state index contributed by atoms with van der Waals surface area (Å²) in [5, 5.41) is 9.37. The maximum Gasteiger partial charge on any atom is 0.330 e. The van der Waals surface area contributed by atoms with Crippen molar-refractivity contribution in [2.75, 3.05) is 20.3 Å². The van der Waals surface area contributed by atoms with Crippen molar-refractivity contribution in [3.05, 3.63) is 33.1 Å². The van der Waals surface area contributed by atoms with Crippen molar-refractivity contribution in [1.82, 2.24) is 9.55 Å². The summed E-state index contributed by atoms with van der Waals surface area (Å²) in [5.74, 6) is 0. The van der Waals surface area contributed by atoms with Crippen LogP contribution in [0, 0.1) is 0 Å². The fraction of sp³-hybridized carbons (Fsp3) is 0.667. The molecule has 1 aromatic rings. The molecule has 2 aliphatic heterocycles. The van der Waals surface area contributed by atoms with Crippen LogP contribution in [0.3, 0.4) is 0 Å². The predicted molar refractivity (Wildman–Crippen MR) is 67.7 cm³/mol. The number of aliphatic hydroxyl groups excluding tert-OH is 1. The van der Waals surface area contributed by atoms with E-state index in [0.29, 0.717) is 0 Å².